The van der Waals surface area contributed by atoms with Crippen LogP contribution in [-0.4, -0.2) is 116 Å². The van der Waals surface area contributed by atoms with Crippen LogP contribution < -0.4 is 5.32 Å². The molecule has 2 saturated heterocycles. The molecule has 2 rings (SSSR count). The van der Waals surface area contributed by atoms with Gasteiger partial charge < -0.3 is 55.3 Å². The summed E-state index contributed by atoms with van der Waals surface area (Å²) < 4.78 is 15.3. The van der Waals surface area contributed by atoms with Crippen LogP contribution in [0.25, 0.3) is 0 Å². The topological polar surface area (TPSA) is 215 Å². The van der Waals surface area contributed by atoms with Crippen molar-refractivity contribution in [2.75, 3.05) is 6.61 Å². The van der Waals surface area contributed by atoms with E-state index >= 15 is 0 Å². The van der Waals surface area contributed by atoms with E-state index in [1.165, 1.54) is 0 Å². The number of carbonyl (C=O) groups is 2. The Kier molecular flexibility index (Phi) is 7.07. The molecule has 0 saturated carbocycles. The molecule has 10 atom stereocenters. The number of hydrogen-bond acceptors (Lipinski definition) is 11. The normalized spacial score (nSPS) is 45.3. The lowest BCUT2D eigenvalue weighted by molar-refractivity contribution is -0.340. The molecule has 0 aromatic heterocycles. The molecule has 0 aliphatic carbocycles. The minimum absolute atomic E-state index is 0.610. The van der Waals surface area contributed by atoms with Crippen molar-refractivity contribution in [3.05, 3.63) is 0 Å². The van der Waals surface area contributed by atoms with Crippen LogP contribution in [0.3, 0.4) is 0 Å². The van der Waals surface area contributed by atoms with Crippen molar-refractivity contribution in [2.45, 2.75) is 68.3 Å². The Bertz CT molecular complexity index is 546. The first-order valence-corrected chi connectivity index (χ1v) is 8.06. The van der Waals surface area contributed by atoms with E-state index in [1.807, 2.05) is 0 Å². The van der Waals surface area contributed by atoms with Crippen LogP contribution in [0, 0.1) is 0 Å². The van der Waals surface area contributed by atoms with Crippen LogP contribution in [0.1, 0.15) is 6.92 Å². The monoisotopic (exact) mass is 397 g/mol. The highest BCUT2D eigenvalue weighted by molar-refractivity contribution is 5.73. The van der Waals surface area contributed by atoms with Crippen LogP contribution in [0.4, 0.5) is 0 Å². The standard InChI is InChI=1S/C14H23NO12/c1-3(17)15-5-6(18)10(4(2-16)25-13(5)24)26-14-9(21)7(19)8(20)11(27-14)12(22)23/h4-11,13-14,16,18-21,24H,2H2,1H3,(H,15,17)(H,22,23)/t4-,5-,6-,7+,8+,9-,10+,11+,13?,14-/m1/s1. The molecule has 2 aliphatic rings. The van der Waals surface area contributed by atoms with Crippen molar-refractivity contribution in [3.63, 3.8) is 0 Å². The zero-order chi connectivity index (χ0) is 20.5. The first-order chi connectivity index (χ1) is 12.6. The molecule has 2 aliphatic heterocycles. The molecule has 1 unspecified atom stereocenters. The maximum Gasteiger partial charge on any atom is 0.335 e. The van der Waals surface area contributed by atoms with Gasteiger partial charge in [-0.15, -0.1) is 0 Å². The van der Waals surface area contributed by atoms with Crippen LogP contribution in [0.5, 0.6) is 0 Å². The van der Waals surface area contributed by atoms with Crippen LogP contribution in [-0.2, 0) is 23.8 Å². The van der Waals surface area contributed by atoms with Gasteiger partial charge in [-0.25, -0.2) is 4.79 Å². The zero-order valence-corrected chi connectivity index (χ0v) is 14.2. The Balaban J connectivity index is 2.20. The molecule has 13 heteroatoms. The lowest BCUT2D eigenvalue weighted by Gasteiger charge is -2.45. The number of aliphatic hydroxyl groups excluding tert-OH is 6. The molecule has 2 heterocycles. The Morgan fingerprint density at radius 3 is 2.15 bits per heavy atom. The summed E-state index contributed by atoms with van der Waals surface area (Å²) in [5.74, 6) is -2.24. The molecule has 0 aromatic carbocycles. The van der Waals surface area contributed by atoms with Gasteiger partial charge in [0, 0.05) is 6.92 Å². The number of aliphatic carboxylic acids is 1. The van der Waals surface area contributed by atoms with E-state index in [0.717, 1.165) is 6.92 Å². The number of carbonyl (C=O) groups excluding carboxylic acids is 1. The molecular weight excluding hydrogens is 374 g/mol. The van der Waals surface area contributed by atoms with E-state index in [0.29, 0.717) is 0 Å². The van der Waals surface area contributed by atoms with Crippen molar-refractivity contribution < 1.29 is 59.5 Å². The summed E-state index contributed by atoms with van der Waals surface area (Å²) >= 11 is 0. The van der Waals surface area contributed by atoms with Crippen molar-refractivity contribution in [1.29, 1.82) is 0 Å². The van der Waals surface area contributed by atoms with Gasteiger partial charge in [-0.1, -0.05) is 0 Å². The van der Waals surface area contributed by atoms with Crippen molar-refractivity contribution in [3.8, 4) is 0 Å². The van der Waals surface area contributed by atoms with Gasteiger partial charge in [-0.3, -0.25) is 4.79 Å². The van der Waals surface area contributed by atoms with E-state index in [1.54, 1.807) is 0 Å². The van der Waals surface area contributed by atoms with E-state index in [4.69, 9.17) is 19.3 Å². The maximum atomic E-state index is 11.2. The second-order valence-corrected chi connectivity index (χ2v) is 6.30. The molecule has 0 radical (unpaired) electrons. The minimum atomic E-state index is -1.94. The Hall–Kier alpha value is -1.42. The molecule has 156 valence electrons. The number of nitrogens with one attached hydrogen (secondary N) is 1. The molecular formula is C14H23NO12. The van der Waals surface area contributed by atoms with Gasteiger partial charge in [0.1, 0.15) is 42.7 Å². The number of aliphatic hydroxyl groups is 6. The van der Waals surface area contributed by atoms with Gasteiger partial charge in [0.05, 0.1) is 6.61 Å². The highest BCUT2D eigenvalue weighted by atomic mass is 16.7. The quantitative estimate of drug-likeness (QED) is 0.218. The second kappa shape index (κ2) is 8.72. The summed E-state index contributed by atoms with van der Waals surface area (Å²) in [6.07, 6.45) is -15.7. The third-order valence-corrected chi connectivity index (χ3v) is 4.35. The van der Waals surface area contributed by atoms with E-state index < -0.39 is 79.8 Å². The van der Waals surface area contributed by atoms with E-state index in [-0.39, 0.29) is 0 Å². The molecule has 2 fully saturated rings. The highest BCUT2D eigenvalue weighted by Crippen LogP contribution is 2.28. The summed E-state index contributed by atoms with van der Waals surface area (Å²) in [5, 5.41) is 70.4. The SMILES string of the molecule is CC(=O)N[C@H]1C(O)O[C@H](CO)[C@H](O[C@@H]2O[C@H](C(=O)O)[C@@H](O)[C@H](O)[C@H]2O)[C@@H]1O. The van der Waals surface area contributed by atoms with E-state index in [9.17, 15) is 40.2 Å². The van der Waals surface area contributed by atoms with Crippen molar-refractivity contribution >= 4 is 11.9 Å². The Morgan fingerprint density at radius 1 is 1.00 bits per heavy atom. The lowest BCUT2D eigenvalue weighted by Crippen LogP contribution is -2.67. The Morgan fingerprint density at radius 2 is 1.63 bits per heavy atom. The maximum absolute atomic E-state index is 11.2. The molecule has 27 heavy (non-hydrogen) atoms. The van der Waals surface area contributed by atoms with Gasteiger partial charge >= 0.3 is 5.97 Å². The number of hydrogen-bond donors (Lipinski definition) is 8. The molecule has 1 amide bonds. The zero-order valence-electron chi connectivity index (χ0n) is 14.2. The third-order valence-electron chi connectivity index (χ3n) is 4.35. The van der Waals surface area contributed by atoms with Gasteiger partial charge in [0.2, 0.25) is 5.91 Å². The highest BCUT2D eigenvalue weighted by Gasteiger charge is 2.52. The van der Waals surface area contributed by atoms with Crippen LogP contribution >= 0.6 is 0 Å². The molecule has 13 nitrogen and oxygen atoms in total. The summed E-state index contributed by atoms with van der Waals surface area (Å²) in [4.78, 5) is 22.4. The van der Waals surface area contributed by atoms with Gasteiger partial charge in [0.15, 0.2) is 18.7 Å². The second-order valence-electron chi connectivity index (χ2n) is 6.30. The molecule has 0 bridgehead atoms. The fourth-order valence-electron chi connectivity index (χ4n) is 2.96. The first-order valence-electron chi connectivity index (χ1n) is 8.06. The van der Waals surface area contributed by atoms with Gasteiger partial charge in [-0.05, 0) is 0 Å². The number of carboxylic acids is 1. The molecule has 8 N–H and O–H groups in total. The summed E-state index contributed by atoms with van der Waals surface area (Å²) in [6.45, 7) is 0.374. The first kappa shape index (κ1) is 21.9. The van der Waals surface area contributed by atoms with Crippen LogP contribution in [0.15, 0.2) is 0 Å². The fraction of sp³-hybridized carbons (Fsp3) is 0.857. The smallest absolute Gasteiger partial charge is 0.335 e. The number of carboxylic acid groups (broad SMARTS) is 1. The summed E-state index contributed by atoms with van der Waals surface area (Å²) in [5.41, 5.74) is 0. The molecule has 0 aromatic rings. The van der Waals surface area contributed by atoms with Gasteiger partial charge in [-0.2, -0.15) is 0 Å². The largest absolute Gasteiger partial charge is 0.479 e. The number of amides is 1. The molecule has 0 spiro atoms. The van der Waals surface area contributed by atoms with Crippen molar-refractivity contribution in [2.24, 2.45) is 0 Å². The van der Waals surface area contributed by atoms with Crippen molar-refractivity contribution in [1.82, 2.24) is 5.32 Å². The predicted octanol–water partition coefficient (Wildman–Crippen LogP) is -5.16. The average molecular weight is 397 g/mol. The lowest BCUT2D eigenvalue weighted by atomic mass is 9.95. The average Bonchev–Trinajstić information content (AvgIpc) is 2.60. The van der Waals surface area contributed by atoms with Gasteiger partial charge in [0.25, 0.3) is 0 Å². The predicted molar refractivity (Wildman–Crippen MR) is 80.8 cm³/mol. The van der Waals surface area contributed by atoms with Crippen LogP contribution in [0.2, 0.25) is 0 Å². The third kappa shape index (κ3) is 4.53. The number of ether oxygens (including phenoxy) is 3. The summed E-state index contributed by atoms with van der Waals surface area (Å²) in [6, 6.07) is -1.36. The summed E-state index contributed by atoms with van der Waals surface area (Å²) in [7, 11) is 0. The fourth-order valence-corrected chi connectivity index (χ4v) is 2.96. The minimum Gasteiger partial charge on any atom is -0.479 e. The Labute approximate surface area is 152 Å². The van der Waals surface area contributed by atoms with E-state index in [2.05, 4.69) is 5.32 Å². The number of rotatable bonds is 5.